The van der Waals surface area contributed by atoms with Gasteiger partial charge in [0.15, 0.2) is 5.58 Å². The molecule has 3 aromatic rings. The van der Waals surface area contributed by atoms with E-state index in [0.29, 0.717) is 0 Å². The third-order valence-corrected chi connectivity index (χ3v) is 2.89. The van der Waals surface area contributed by atoms with Crippen LogP contribution in [0.2, 0.25) is 0 Å². The summed E-state index contributed by atoms with van der Waals surface area (Å²) in [6.07, 6.45) is 0.0522. The molecule has 3 heteroatoms. The number of para-hydroxylation sites is 2. The van der Waals surface area contributed by atoms with Crippen LogP contribution in [0.25, 0.3) is 21.9 Å². The summed E-state index contributed by atoms with van der Waals surface area (Å²) in [5, 5.41) is 2.09. The zero-order valence-electron chi connectivity index (χ0n) is 10.1. The first-order valence-electron chi connectivity index (χ1n) is 5.93. The second-order valence-electron chi connectivity index (χ2n) is 4.23. The molecule has 0 aliphatic carbocycles. The van der Waals surface area contributed by atoms with Gasteiger partial charge in [0.1, 0.15) is 5.58 Å². The smallest absolute Gasteiger partial charge is 0.229 e. The number of hydrogen-bond donors (Lipinski definition) is 1. The molecule has 19 heavy (non-hydrogen) atoms. The lowest BCUT2D eigenvalue weighted by atomic mass is 10.1. The van der Waals surface area contributed by atoms with E-state index in [1.54, 1.807) is 0 Å². The number of carbonyl (C=O) groups excluding carboxylic acids is 1. The minimum atomic E-state index is -0.427. The molecule has 0 unspecified atom stereocenters. The number of primary amides is 1. The molecule has 0 atom stereocenters. The van der Waals surface area contributed by atoms with Crippen LogP contribution in [-0.4, -0.2) is 5.91 Å². The zero-order valence-corrected chi connectivity index (χ0v) is 10.1. The number of fused-ring (bicyclic) bond motifs is 3. The second kappa shape index (κ2) is 4.51. The van der Waals surface area contributed by atoms with E-state index in [0.717, 1.165) is 27.5 Å². The maximum atomic E-state index is 10.7. The maximum absolute atomic E-state index is 10.7. The number of benzene rings is 2. The van der Waals surface area contributed by atoms with Crippen LogP contribution in [0.3, 0.4) is 0 Å². The van der Waals surface area contributed by atoms with E-state index in [1.807, 2.05) is 42.5 Å². The molecule has 1 aromatic heterocycles. The fourth-order valence-electron chi connectivity index (χ4n) is 2.07. The Bertz CT molecular complexity index is 834. The Balaban J connectivity index is 2.20. The van der Waals surface area contributed by atoms with Gasteiger partial charge < -0.3 is 10.2 Å². The number of furan rings is 1. The third-order valence-electron chi connectivity index (χ3n) is 2.89. The van der Waals surface area contributed by atoms with Crippen molar-refractivity contribution in [3.05, 3.63) is 48.0 Å². The lowest BCUT2D eigenvalue weighted by molar-refractivity contribution is -0.117. The van der Waals surface area contributed by atoms with Crippen molar-refractivity contribution in [3.8, 4) is 11.8 Å². The molecule has 92 valence electrons. The van der Waals surface area contributed by atoms with E-state index >= 15 is 0 Å². The van der Waals surface area contributed by atoms with Crippen LogP contribution in [0.5, 0.6) is 0 Å². The Hall–Kier alpha value is -2.73. The van der Waals surface area contributed by atoms with Gasteiger partial charge in [-0.15, -0.1) is 0 Å². The van der Waals surface area contributed by atoms with Gasteiger partial charge in [-0.05, 0) is 12.1 Å². The van der Waals surface area contributed by atoms with Crippen molar-refractivity contribution in [2.45, 2.75) is 6.42 Å². The first-order chi connectivity index (χ1) is 9.25. The molecule has 0 saturated heterocycles. The molecule has 2 aromatic carbocycles. The summed E-state index contributed by atoms with van der Waals surface area (Å²) < 4.78 is 5.82. The Morgan fingerprint density at radius 3 is 2.74 bits per heavy atom. The van der Waals surface area contributed by atoms with Gasteiger partial charge >= 0.3 is 0 Å². The van der Waals surface area contributed by atoms with E-state index < -0.39 is 5.91 Å². The summed E-state index contributed by atoms with van der Waals surface area (Å²) in [5.41, 5.74) is 7.42. The largest absolute Gasteiger partial charge is 0.455 e. The Morgan fingerprint density at radius 2 is 1.89 bits per heavy atom. The molecule has 3 rings (SSSR count). The van der Waals surface area contributed by atoms with Gasteiger partial charge in [0.2, 0.25) is 5.91 Å². The third kappa shape index (κ3) is 2.04. The number of carbonyl (C=O) groups is 1. The minimum absolute atomic E-state index is 0.0522. The van der Waals surface area contributed by atoms with Crippen molar-refractivity contribution in [1.29, 1.82) is 0 Å². The lowest BCUT2D eigenvalue weighted by Crippen LogP contribution is -2.08. The first-order valence-corrected chi connectivity index (χ1v) is 5.93. The van der Waals surface area contributed by atoms with Crippen LogP contribution in [0.1, 0.15) is 12.0 Å². The number of amides is 1. The summed E-state index contributed by atoms with van der Waals surface area (Å²) in [4.78, 5) is 10.7. The summed E-state index contributed by atoms with van der Waals surface area (Å²) in [6, 6.07) is 13.7. The highest BCUT2D eigenvalue weighted by Gasteiger charge is 2.08. The molecular weight excluding hydrogens is 238 g/mol. The molecule has 0 radical (unpaired) electrons. The molecule has 1 amide bonds. The van der Waals surface area contributed by atoms with Gasteiger partial charge in [-0.25, -0.2) is 0 Å². The molecule has 0 saturated carbocycles. The predicted octanol–water partition coefficient (Wildman–Crippen LogP) is 2.81. The molecule has 0 spiro atoms. The topological polar surface area (TPSA) is 56.2 Å². The molecule has 1 heterocycles. The van der Waals surface area contributed by atoms with Gasteiger partial charge in [-0.2, -0.15) is 0 Å². The van der Waals surface area contributed by atoms with Crippen molar-refractivity contribution in [3.63, 3.8) is 0 Å². The predicted molar refractivity (Wildman–Crippen MR) is 74.4 cm³/mol. The average molecular weight is 249 g/mol. The van der Waals surface area contributed by atoms with E-state index in [2.05, 4.69) is 11.8 Å². The van der Waals surface area contributed by atoms with Crippen LogP contribution in [0, 0.1) is 11.8 Å². The monoisotopic (exact) mass is 249 g/mol. The van der Waals surface area contributed by atoms with Gasteiger partial charge in [-0.3, -0.25) is 4.79 Å². The maximum Gasteiger partial charge on any atom is 0.229 e. The number of nitrogens with two attached hydrogens (primary N) is 1. The first kappa shape index (κ1) is 11.4. The Morgan fingerprint density at radius 1 is 1.11 bits per heavy atom. The van der Waals surface area contributed by atoms with Gasteiger partial charge in [0.05, 0.1) is 12.0 Å². The molecule has 0 aliphatic heterocycles. The second-order valence-corrected chi connectivity index (χ2v) is 4.23. The number of rotatable bonds is 1. The van der Waals surface area contributed by atoms with E-state index in [-0.39, 0.29) is 6.42 Å². The molecule has 3 nitrogen and oxygen atoms in total. The molecular formula is C16H11NO2. The molecule has 2 N–H and O–H groups in total. The lowest BCUT2D eigenvalue weighted by Gasteiger charge is -1.92. The SMILES string of the molecule is NC(=O)CC#Cc1cccc2c1oc1ccccc12. The van der Waals surface area contributed by atoms with Crippen molar-refractivity contribution in [2.75, 3.05) is 0 Å². The quantitative estimate of drug-likeness (QED) is 0.674. The average Bonchev–Trinajstić information content (AvgIpc) is 2.78. The van der Waals surface area contributed by atoms with Crippen LogP contribution < -0.4 is 5.73 Å². The molecule has 0 bridgehead atoms. The number of hydrogen-bond acceptors (Lipinski definition) is 2. The highest BCUT2D eigenvalue weighted by atomic mass is 16.3. The van der Waals surface area contributed by atoms with Gasteiger partial charge in [0.25, 0.3) is 0 Å². The van der Waals surface area contributed by atoms with E-state index in [1.165, 1.54) is 0 Å². The van der Waals surface area contributed by atoms with E-state index in [9.17, 15) is 4.79 Å². The Labute approximate surface area is 110 Å². The van der Waals surface area contributed by atoms with Crippen molar-refractivity contribution < 1.29 is 9.21 Å². The summed E-state index contributed by atoms with van der Waals surface area (Å²) in [7, 11) is 0. The normalized spacial score (nSPS) is 10.3. The molecule has 0 fully saturated rings. The van der Waals surface area contributed by atoms with E-state index in [4.69, 9.17) is 10.2 Å². The van der Waals surface area contributed by atoms with Crippen molar-refractivity contribution >= 4 is 27.8 Å². The standard InChI is InChI=1S/C16H11NO2/c17-15(18)10-4-6-11-5-3-8-13-12-7-1-2-9-14(12)19-16(11)13/h1-3,5,7-9H,10H2,(H2,17,18). The Kier molecular flexibility index (Phi) is 2.70. The molecule has 0 aliphatic rings. The summed E-state index contributed by atoms with van der Waals surface area (Å²) in [6.45, 7) is 0. The van der Waals surface area contributed by atoms with Crippen LogP contribution >= 0.6 is 0 Å². The van der Waals surface area contributed by atoms with Gasteiger partial charge in [0, 0.05) is 10.8 Å². The van der Waals surface area contributed by atoms with Crippen LogP contribution in [0.4, 0.5) is 0 Å². The zero-order chi connectivity index (χ0) is 13.2. The summed E-state index contributed by atoms with van der Waals surface area (Å²) >= 11 is 0. The van der Waals surface area contributed by atoms with Crippen molar-refractivity contribution in [2.24, 2.45) is 5.73 Å². The van der Waals surface area contributed by atoms with Crippen LogP contribution in [-0.2, 0) is 4.79 Å². The summed E-state index contributed by atoms with van der Waals surface area (Å²) in [5.74, 6) is 5.26. The fraction of sp³-hybridized carbons (Fsp3) is 0.0625. The highest BCUT2D eigenvalue weighted by molar-refractivity contribution is 6.06. The van der Waals surface area contributed by atoms with Crippen LogP contribution in [0.15, 0.2) is 46.9 Å². The van der Waals surface area contributed by atoms with Gasteiger partial charge in [-0.1, -0.05) is 42.2 Å². The fourth-order valence-corrected chi connectivity index (χ4v) is 2.07. The minimum Gasteiger partial charge on any atom is -0.455 e. The van der Waals surface area contributed by atoms with Crippen molar-refractivity contribution in [1.82, 2.24) is 0 Å². The highest BCUT2D eigenvalue weighted by Crippen LogP contribution is 2.30.